The van der Waals surface area contributed by atoms with Crippen molar-refractivity contribution in [1.29, 1.82) is 0 Å². The van der Waals surface area contributed by atoms with Gasteiger partial charge in [0.2, 0.25) is 5.82 Å². The lowest BCUT2D eigenvalue weighted by Gasteiger charge is -2.23. The monoisotopic (exact) mass is 355 g/mol. The highest BCUT2D eigenvalue weighted by atomic mass is 19.1. The molecule has 0 spiro atoms. The molecule has 0 fully saturated rings. The molecule has 6 nitrogen and oxygen atoms in total. The number of nitrogens with zero attached hydrogens (tertiary/aromatic N) is 5. The lowest BCUT2D eigenvalue weighted by atomic mass is 10.2. The summed E-state index contributed by atoms with van der Waals surface area (Å²) in [5.41, 5.74) is 1.30. The van der Waals surface area contributed by atoms with Crippen LogP contribution in [0.25, 0.3) is 22.8 Å². The van der Waals surface area contributed by atoms with Crippen molar-refractivity contribution in [1.82, 2.24) is 20.0 Å². The van der Waals surface area contributed by atoms with Crippen molar-refractivity contribution >= 4 is 5.82 Å². The SMILES string of the molecule is CCN(CCN(C)C)c1ccc(-c2nc(-c3cccc(F)c3)no2)cn1. The summed E-state index contributed by atoms with van der Waals surface area (Å²) in [6.45, 7) is 4.84. The summed E-state index contributed by atoms with van der Waals surface area (Å²) in [5.74, 6) is 1.28. The normalized spacial score (nSPS) is 11.1. The van der Waals surface area contributed by atoms with E-state index >= 15 is 0 Å². The molecule has 136 valence electrons. The predicted octanol–water partition coefficient (Wildman–Crippen LogP) is 3.33. The molecule has 3 aromatic rings. The first-order valence-electron chi connectivity index (χ1n) is 8.52. The van der Waals surface area contributed by atoms with Crippen LogP contribution in [0.2, 0.25) is 0 Å². The fourth-order valence-electron chi connectivity index (χ4n) is 2.54. The second-order valence-corrected chi connectivity index (χ2v) is 6.22. The Balaban J connectivity index is 1.76. The zero-order valence-corrected chi connectivity index (χ0v) is 15.2. The largest absolute Gasteiger partial charge is 0.356 e. The Morgan fingerprint density at radius 3 is 2.58 bits per heavy atom. The molecular formula is C19H22FN5O. The fourth-order valence-corrected chi connectivity index (χ4v) is 2.54. The summed E-state index contributed by atoms with van der Waals surface area (Å²) in [6, 6.07) is 9.96. The Hall–Kier alpha value is -2.80. The Bertz CT molecular complexity index is 847. The Labute approximate surface area is 152 Å². The van der Waals surface area contributed by atoms with E-state index in [1.807, 2.05) is 12.1 Å². The van der Waals surface area contributed by atoms with Crippen LogP contribution < -0.4 is 4.90 Å². The molecule has 2 heterocycles. The molecule has 0 saturated heterocycles. The molecular weight excluding hydrogens is 333 g/mol. The smallest absolute Gasteiger partial charge is 0.259 e. The third-order valence-electron chi connectivity index (χ3n) is 4.03. The lowest BCUT2D eigenvalue weighted by molar-refractivity contribution is 0.413. The lowest BCUT2D eigenvalue weighted by Crippen LogP contribution is -2.32. The molecule has 0 unspecified atom stereocenters. The standard InChI is InChI=1S/C19H22FN5O/c1-4-25(11-10-24(2)3)17-9-8-15(13-21-17)19-22-18(23-26-19)14-6-5-7-16(20)12-14/h5-9,12-13H,4,10-11H2,1-3H3. The molecule has 1 aromatic carbocycles. The number of rotatable bonds is 7. The van der Waals surface area contributed by atoms with Crippen LogP contribution in [0.1, 0.15) is 6.92 Å². The quantitative estimate of drug-likeness (QED) is 0.648. The highest BCUT2D eigenvalue weighted by Crippen LogP contribution is 2.23. The maximum atomic E-state index is 13.3. The van der Waals surface area contributed by atoms with E-state index in [9.17, 15) is 4.39 Å². The summed E-state index contributed by atoms with van der Waals surface area (Å²) < 4.78 is 18.7. The maximum Gasteiger partial charge on any atom is 0.259 e. The van der Waals surface area contributed by atoms with E-state index in [4.69, 9.17) is 4.52 Å². The number of pyridine rings is 1. The molecule has 0 atom stereocenters. The van der Waals surface area contributed by atoms with Crippen molar-refractivity contribution in [2.45, 2.75) is 6.92 Å². The van der Waals surface area contributed by atoms with Gasteiger partial charge in [-0.1, -0.05) is 17.3 Å². The van der Waals surface area contributed by atoms with Gasteiger partial charge in [-0.3, -0.25) is 0 Å². The van der Waals surface area contributed by atoms with E-state index in [-0.39, 0.29) is 5.82 Å². The number of halogens is 1. The first kappa shape index (κ1) is 18.0. The van der Waals surface area contributed by atoms with Crippen LogP contribution >= 0.6 is 0 Å². The van der Waals surface area contributed by atoms with Crippen LogP contribution in [0.3, 0.4) is 0 Å². The first-order chi connectivity index (χ1) is 12.6. The van der Waals surface area contributed by atoms with Gasteiger partial charge in [-0.15, -0.1) is 0 Å². The van der Waals surface area contributed by atoms with Gasteiger partial charge in [-0.25, -0.2) is 9.37 Å². The molecule has 3 rings (SSSR count). The minimum Gasteiger partial charge on any atom is -0.356 e. The fraction of sp³-hybridized carbons (Fsp3) is 0.316. The molecule has 0 radical (unpaired) electrons. The van der Waals surface area contributed by atoms with E-state index in [0.717, 1.165) is 31.0 Å². The zero-order chi connectivity index (χ0) is 18.5. The highest BCUT2D eigenvalue weighted by molar-refractivity contribution is 5.60. The Morgan fingerprint density at radius 1 is 1.08 bits per heavy atom. The van der Waals surface area contributed by atoms with E-state index in [2.05, 4.69) is 45.9 Å². The number of aromatic nitrogens is 3. The van der Waals surface area contributed by atoms with Crippen LogP contribution in [0.4, 0.5) is 10.2 Å². The van der Waals surface area contributed by atoms with Crippen molar-refractivity contribution in [2.75, 3.05) is 38.6 Å². The second-order valence-electron chi connectivity index (χ2n) is 6.22. The third-order valence-corrected chi connectivity index (χ3v) is 4.03. The average Bonchev–Trinajstić information content (AvgIpc) is 3.13. The van der Waals surface area contributed by atoms with Gasteiger partial charge in [0.05, 0.1) is 5.56 Å². The van der Waals surface area contributed by atoms with Gasteiger partial charge in [-0.05, 0) is 45.3 Å². The molecule has 2 aromatic heterocycles. The second kappa shape index (κ2) is 8.05. The van der Waals surface area contributed by atoms with Gasteiger partial charge < -0.3 is 14.3 Å². The van der Waals surface area contributed by atoms with Crippen LogP contribution in [0.15, 0.2) is 47.1 Å². The van der Waals surface area contributed by atoms with Crippen molar-refractivity contribution in [3.05, 3.63) is 48.4 Å². The molecule has 0 bridgehead atoms. The van der Waals surface area contributed by atoms with Crippen LogP contribution in [0.5, 0.6) is 0 Å². The van der Waals surface area contributed by atoms with Crippen LogP contribution in [0, 0.1) is 5.82 Å². The predicted molar refractivity (Wildman–Crippen MR) is 99.4 cm³/mol. The van der Waals surface area contributed by atoms with Crippen LogP contribution in [-0.4, -0.2) is 53.8 Å². The highest BCUT2D eigenvalue weighted by Gasteiger charge is 2.13. The molecule has 0 aliphatic heterocycles. The zero-order valence-electron chi connectivity index (χ0n) is 15.2. The van der Waals surface area contributed by atoms with Gasteiger partial charge in [0.1, 0.15) is 11.6 Å². The summed E-state index contributed by atoms with van der Waals surface area (Å²) >= 11 is 0. The van der Waals surface area contributed by atoms with E-state index < -0.39 is 0 Å². The summed E-state index contributed by atoms with van der Waals surface area (Å²) in [7, 11) is 4.10. The maximum absolute atomic E-state index is 13.3. The first-order valence-corrected chi connectivity index (χ1v) is 8.52. The molecule has 0 amide bonds. The number of hydrogen-bond acceptors (Lipinski definition) is 6. The number of hydrogen-bond donors (Lipinski definition) is 0. The molecule has 26 heavy (non-hydrogen) atoms. The topological polar surface area (TPSA) is 58.3 Å². The third kappa shape index (κ3) is 4.23. The van der Waals surface area contributed by atoms with Crippen molar-refractivity contribution in [3.8, 4) is 22.8 Å². The van der Waals surface area contributed by atoms with Crippen molar-refractivity contribution in [3.63, 3.8) is 0 Å². The minimum atomic E-state index is -0.336. The Kier molecular flexibility index (Phi) is 5.58. The number of anilines is 1. The van der Waals surface area contributed by atoms with Crippen LogP contribution in [-0.2, 0) is 0 Å². The molecule has 7 heteroatoms. The van der Waals surface area contributed by atoms with Gasteiger partial charge in [0.25, 0.3) is 5.89 Å². The van der Waals surface area contributed by atoms with E-state index in [1.165, 1.54) is 12.1 Å². The van der Waals surface area contributed by atoms with Crippen molar-refractivity contribution < 1.29 is 8.91 Å². The van der Waals surface area contributed by atoms with E-state index in [1.54, 1.807) is 18.3 Å². The summed E-state index contributed by atoms with van der Waals surface area (Å²) in [4.78, 5) is 13.2. The number of benzene rings is 1. The molecule has 0 N–H and O–H groups in total. The Morgan fingerprint density at radius 2 is 1.92 bits per heavy atom. The molecule has 0 aliphatic rings. The van der Waals surface area contributed by atoms with Gasteiger partial charge in [0.15, 0.2) is 0 Å². The van der Waals surface area contributed by atoms with Gasteiger partial charge >= 0.3 is 0 Å². The van der Waals surface area contributed by atoms with Gasteiger partial charge in [0, 0.05) is 31.4 Å². The minimum absolute atomic E-state index is 0.336. The average molecular weight is 355 g/mol. The summed E-state index contributed by atoms with van der Waals surface area (Å²) in [6.07, 6.45) is 1.72. The summed E-state index contributed by atoms with van der Waals surface area (Å²) in [5, 5.41) is 3.93. The molecule has 0 saturated carbocycles. The number of likely N-dealkylation sites (N-methyl/N-ethyl adjacent to an activating group) is 2. The van der Waals surface area contributed by atoms with Crippen molar-refractivity contribution in [2.24, 2.45) is 0 Å². The molecule has 0 aliphatic carbocycles. The van der Waals surface area contributed by atoms with E-state index in [0.29, 0.717) is 17.3 Å². The van der Waals surface area contributed by atoms with Gasteiger partial charge in [-0.2, -0.15) is 4.98 Å².